The van der Waals surface area contributed by atoms with Gasteiger partial charge < -0.3 is 19.0 Å². The summed E-state index contributed by atoms with van der Waals surface area (Å²) in [5.41, 5.74) is 3.11. The number of benzene rings is 2. The predicted octanol–water partition coefficient (Wildman–Crippen LogP) is 4.71. The fourth-order valence-corrected chi connectivity index (χ4v) is 2.67. The van der Waals surface area contributed by atoms with Gasteiger partial charge in [0.1, 0.15) is 0 Å². The summed E-state index contributed by atoms with van der Waals surface area (Å²) >= 11 is 0. The van der Waals surface area contributed by atoms with E-state index in [1.165, 1.54) is 5.56 Å². The van der Waals surface area contributed by atoms with Gasteiger partial charge in [-0.2, -0.15) is 0 Å². The van der Waals surface area contributed by atoms with Gasteiger partial charge in [0.15, 0.2) is 5.75 Å². The topological polar surface area (TPSA) is 49.3 Å². The van der Waals surface area contributed by atoms with E-state index >= 15 is 0 Å². The molecule has 2 aromatic carbocycles. The van der Waals surface area contributed by atoms with Gasteiger partial charge in [-0.1, -0.05) is 43.3 Å². The average Bonchev–Trinajstić information content (AvgIpc) is 2.65. The van der Waals surface area contributed by atoms with Crippen molar-refractivity contribution in [3.05, 3.63) is 47.5 Å². The van der Waals surface area contributed by atoms with Crippen molar-refractivity contribution in [1.82, 2.24) is 0 Å². The zero-order chi connectivity index (χ0) is 19.1. The van der Waals surface area contributed by atoms with Gasteiger partial charge in [-0.25, -0.2) is 0 Å². The summed E-state index contributed by atoms with van der Waals surface area (Å²) in [4.78, 5) is 5.61. The number of methoxy groups -OCH3 is 3. The Morgan fingerprint density at radius 2 is 1.42 bits per heavy atom. The lowest BCUT2D eigenvalue weighted by Gasteiger charge is -2.14. The second kappa shape index (κ2) is 9.13. The fraction of sp³-hybridized carbons (Fsp3) is 0.381. The predicted molar refractivity (Wildman–Crippen MR) is 104 cm³/mol. The normalized spacial score (nSPS) is 11.4. The average molecular weight is 357 g/mol. The van der Waals surface area contributed by atoms with Gasteiger partial charge in [0.05, 0.1) is 27.0 Å². The summed E-state index contributed by atoms with van der Waals surface area (Å²) in [6.45, 7) is 6.33. The Morgan fingerprint density at radius 1 is 0.846 bits per heavy atom. The quantitative estimate of drug-likeness (QED) is 0.507. The number of ether oxygens (including phenoxy) is 3. The first-order valence-corrected chi connectivity index (χ1v) is 8.60. The van der Waals surface area contributed by atoms with Crippen LogP contribution >= 0.6 is 0 Å². The van der Waals surface area contributed by atoms with E-state index in [0.29, 0.717) is 28.9 Å². The third kappa shape index (κ3) is 4.69. The molecule has 0 fully saturated rings. The molecule has 0 heterocycles. The van der Waals surface area contributed by atoms with Crippen molar-refractivity contribution in [1.29, 1.82) is 0 Å². The van der Waals surface area contributed by atoms with Crippen molar-refractivity contribution in [2.45, 2.75) is 27.2 Å². The minimum atomic E-state index is 0.440. The van der Waals surface area contributed by atoms with Gasteiger partial charge in [-0.15, -0.1) is 0 Å². The lowest BCUT2D eigenvalue weighted by Crippen LogP contribution is -2.01. The number of hydrogen-bond acceptors (Lipinski definition) is 5. The van der Waals surface area contributed by atoms with Gasteiger partial charge in [-0.05, 0) is 42.5 Å². The zero-order valence-corrected chi connectivity index (χ0v) is 16.3. The van der Waals surface area contributed by atoms with E-state index in [-0.39, 0.29) is 0 Å². The summed E-state index contributed by atoms with van der Waals surface area (Å²) in [6.07, 6.45) is 1.07. The first kappa shape index (κ1) is 19.6. The van der Waals surface area contributed by atoms with Crippen LogP contribution in [0.5, 0.6) is 23.0 Å². The second-order valence-electron chi connectivity index (χ2n) is 6.40. The molecule has 0 bridgehead atoms. The van der Waals surface area contributed by atoms with E-state index in [4.69, 9.17) is 19.0 Å². The van der Waals surface area contributed by atoms with Gasteiger partial charge in [0.25, 0.3) is 0 Å². The van der Waals surface area contributed by atoms with Crippen molar-refractivity contribution in [3.8, 4) is 23.0 Å². The van der Waals surface area contributed by atoms with Crippen LogP contribution < -0.4 is 19.0 Å². The molecule has 0 aliphatic heterocycles. The highest BCUT2D eigenvalue weighted by molar-refractivity contribution is 5.98. The Bertz CT molecular complexity index is 751. The lowest BCUT2D eigenvalue weighted by molar-refractivity contribution is 0.287. The Balaban J connectivity index is 2.20. The van der Waals surface area contributed by atoms with Crippen LogP contribution in [0.2, 0.25) is 0 Å². The molecule has 0 aliphatic carbocycles. The first-order chi connectivity index (χ1) is 12.5. The van der Waals surface area contributed by atoms with Gasteiger partial charge >= 0.3 is 0 Å². The van der Waals surface area contributed by atoms with E-state index in [2.05, 4.69) is 43.3 Å². The second-order valence-corrected chi connectivity index (χ2v) is 6.40. The molecule has 0 radical (unpaired) electrons. The molecule has 0 saturated carbocycles. The van der Waals surface area contributed by atoms with Crippen LogP contribution in [0.15, 0.2) is 41.6 Å². The van der Waals surface area contributed by atoms with Crippen LogP contribution in [0.25, 0.3) is 0 Å². The molecule has 26 heavy (non-hydrogen) atoms. The molecule has 0 spiro atoms. The molecule has 0 atom stereocenters. The SMILES string of the molecule is COc1ccc(O/N=C(\C)c2ccc(CC(C)C)cc2)c(OC)c1OC. The van der Waals surface area contributed by atoms with Crippen molar-refractivity contribution < 1.29 is 19.0 Å². The zero-order valence-electron chi connectivity index (χ0n) is 16.3. The smallest absolute Gasteiger partial charge is 0.210 e. The van der Waals surface area contributed by atoms with E-state index < -0.39 is 0 Å². The van der Waals surface area contributed by atoms with Crippen LogP contribution in [-0.2, 0) is 6.42 Å². The standard InChI is InChI=1S/C21H27NO4/c1-14(2)13-16-7-9-17(10-8-16)15(3)22-26-19-12-11-18(23-4)20(24-5)21(19)25-6/h7-12,14H,13H2,1-6H3/b22-15+. The molecule has 0 aliphatic rings. The fourth-order valence-electron chi connectivity index (χ4n) is 2.67. The van der Waals surface area contributed by atoms with Gasteiger partial charge in [0.2, 0.25) is 17.2 Å². The van der Waals surface area contributed by atoms with E-state index in [1.54, 1.807) is 33.5 Å². The molecule has 0 N–H and O–H groups in total. The molecule has 5 nitrogen and oxygen atoms in total. The van der Waals surface area contributed by atoms with Crippen LogP contribution in [0.4, 0.5) is 0 Å². The summed E-state index contributed by atoms with van der Waals surface area (Å²) in [5, 5.41) is 4.24. The van der Waals surface area contributed by atoms with Gasteiger partial charge in [-0.3, -0.25) is 0 Å². The Morgan fingerprint density at radius 3 is 1.96 bits per heavy atom. The van der Waals surface area contributed by atoms with Gasteiger partial charge in [0, 0.05) is 0 Å². The molecule has 2 aromatic rings. The van der Waals surface area contributed by atoms with E-state index in [1.807, 2.05) is 6.92 Å². The molecule has 140 valence electrons. The summed E-state index contributed by atoms with van der Waals surface area (Å²) in [6, 6.07) is 11.9. The van der Waals surface area contributed by atoms with E-state index in [9.17, 15) is 0 Å². The Labute approximate surface area is 155 Å². The Kier molecular flexibility index (Phi) is 6.89. The van der Waals surface area contributed by atoms with Crippen LogP contribution in [0.3, 0.4) is 0 Å². The molecule has 0 saturated heterocycles. The van der Waals surface area contributed by atoms with Crippen molar-refractivity contribution in [2.75, 3.05) is 21.3 Å². The highest BCUT2D eigenvalue weighted by Crippen LogP contribution is 2.44. The molecule has 2 rings (SSSR count). The molecular formula is C21H27NO4. The van der Waals surface area contributed by atoms with Crippen LogP contribution in [0, 0.1) is 5.92 Å². The summed E-state index contributed by atoms with van der Waals surface area (Å²) < 4.78 is 16.0. The molecule has 0 aromatic heterocycles. The largest absolute Gasteiger partial charge is 0.493 e. The number of nitrogens with zero attached hydrogens (tertiary/aromatic N) is 1. The molecule has 5 heteroatoms. The van der Waals surface area contributed by atoms with Crippen molar-refractivity contribution in [3.63, 3.8) is 0 Å². The van der Waals surface area contributed by atoms with Crippen molar-refractivity contribution in [2.24, 2.45) is 11.1 Å². The van der Waals surface area contributed by atoms with Crippen LogP contribution in [-0.4, -0.2) is 27.0 Å². The number of rotatable bonds is 8. The number of hydrogen-bond donors (Lipinski definition) is 0. The Hall–Kier alpha value is -2.69. The maximum absolute atomic E-state index is 5.61. The molecule has 0 amide bonds. The van der Waals surface area contributed by atoms with Crippen molar-refractivity contribution >= 4 is 5.71 Å². The first-order valence-electron chi connectivity index (χ1n) is 8.60. The molecular weight excluding hydrogens is 330 g/mol. The summed E-state index contributed by atoms with van der Waals surface area (Å²) in [7, 11) is 4.68. The van der Waals surface area contributed by atoms with Crippen LogP contribution in [0.1, 0.15) is 31.9 Å². The number of oxime groups is 1. The highest BCUT2D eigenvalue weighted by atomic mass is 16.6. The summed E-state index contributed by atoms with van der Waals surface area (Å²) in [5.74, 6) is 2.57. The minimum absolute atomic E-state index is 0.440. The monoisotopic (exact) mass is 357 g/mol. The third-order valence-corrected chi connectivity index (χ3v) is 3.96. The minimum Gasteiger partial charge on any atom is -0.493 e. The maximum Gasteiger partial charge on any atom is 0.210 e. The van der Waals surface area contributed by atoms with E-state index in [0.717, 1.165) is 17.7 Å². The third-order valence-electron chi connectivity index (χ3n) is 3.96. The molecule has 0 unspecified atom stereocenters. The maximum atomic E-state index is 5.61. The lowest BCUT2D eigenvalue weighted by atomic mass is 10.0. The highest BCUT2D eigenvalue weighted by Gasteiger charge is 2.17.